The van der Waals surface area contributed by atoms with Crippen molar-refractivity contribution in [3.63, 3.8) is 0 Å². The lowest BCUT2D eigenvalue weighted by Gasteiger charge is -2.06. The van der Waals surface area contributed by atoms with Crippen molar-refractivity contribution in [1.82, 2.24) is 15.5 Å². The zero-order chi connectivity index (χ0) is 15.1. The van der Waals surface area contributed by atoms with Gasteiger partial charge in [0, 0.05) is 19.3 Å². The average Bonchev–Trinajstić information content (AvgIpc) is 2.92. The number of methoxy groups -OCH3 is 1. The summed E-state index contributed by atoms with van der Waals surface area (Å²) in [5.41, 5.74) is 2.23. The Labute approximate surface area is 124 Å². The molecule has 114 valence electrons. The number of hydrogen-bond acceptors (Lipinski definition) is 6. The molecule has 6 nitrogen and oxygen atoms in total. The third-order valence-corrected chi connectivity index (χ3v) is 3.05. The van der Waals surface area contributed by atoms with Crippen LogP contribution in [0.2, 0.25) is 0 Å². The van der Waals surface area contributed by atoms with Crippen LogP contribution in [0, 0.1) is 0 Å². The summed E-state index contributed by atoms with van der Waals surface area (Å²) < 4.78 is 10.5. The number of nitrogens with one attached hydrogen (secondary N) is 2. The van der Waals surface area contributed by atoms with Gasteiger partial charge in [-0.2, -0.15) is 0 Å². The number of hydrogen-bond donors (Lipinski definition) is 2. The van der Waals surface area contributed by atoms with Crippen LogP contribution in [0.25, 0.3) is 0 Å². The minimum atomic E-state index is 0.399. The quantitative estimate of drug-likeness (QED) is 0.728. The Bertz CT molecular complexity index is 537. The molecule has 0 spiro atoms. The molecule has 0 unspecified atom stereocenters. The summed E-state index contributed by atoms with van der Waals surface area (Å²) in [6.45, 7) is 6.27. The monoisotopic (exact) mass is 290 g/mol. The Hall–Kier alpha value is -1.92. The SMILES string of the molecule is COCCNCc1nnc(Nc2ccc(C(C)C)cc2)o1. The molecule has 2 aromatic rings. The van der Waals surface area contributed by atoms with Crippen molar-refractivity contribution in [2.45, 2.75) is 26.3 Å². The second kappa shape index (κ2) is 7.75. The molecule has 0 aliphatic carbocycles. The topological polar surface area (TPSA) is 72.2 Å². The molecule has 1 aromatic carbocycles. The lowest BCUT2D eigenvalue weighted by atomic mass is 10.0. The fourth-order valence-electron chi connectivity index (χ4n) is 1.82. The molecule has 0 fully saturated rings. The third kappa shape index (κ3) is 4.84. The van der Waals surface area contributed by atoms with Crippen LogP contribution in [0.3, 0.4) is 0 Å². The van der Waals surface area contributed by atoms with Gasteiger partial charge < -0.3 is 19.8 Å². The summed E-state index contributed by atoms with van der Waals surface area (Å²) in [6, 6.07) is 8.61. The molecule has 0 amide bonds. The molecule has 0 radical (unpaired) electrons. The molecule has 2 N–H and O–H groups in total. The van der Waals surface area contributed by atoms with Crippen LogP contribution in [0.4, 0.5) is 11.7 Å². The normalized spacial score (nSPS) is 11.0. The number of benzene rings is 1. The second-order valence-electron chi connectivity index (χ2n) is 5.07. The molecule has 1 heterocycles. The summed E-state index contributed by atoms with van der Waals surface area (Å²) in [5.74, 6) is 1.07. The first-order chi connectivity index (χ1) is 10.2. The van der Waals surface area contributed by atoms with Gasteiger partial charge >= 0.3 is 6.01 Å². The maximum absolute atomic E-state index is 5.51. The van der Waals surface area contributed by atoms with Gasteiger partial charge in [-0.25, -0.2) is 0 Å². The van der Waals surface area contributed by atoms with Crippen LogP contribution in [-0.4, -0.2) is 30.5 Å². The van der Waals surface area contributed by atoms with E-state index in [1.807, 2.05) is 12.1 Å². The molecule has 6 heteroatoms. The lowest BCUT2D eigenvalue weighted by Crippen LogP contribution is -2.18. The lowest BCUT2D eigenvalue weighted by molar-refractivity contribution is 0.198. The van der Waals surface area contributed by atoms with E-state index in [1.165, 1.54) is 5.56 Å². The summed E-state index contributed by atoms with van der Waals surface area (Å²) in [4.78, 5) is 0. The van der Waals surface area contributed by atoms with E-state index in [4.69, 9.17) is 9.15 Å². The van der Waals surface area contributed by atoms with E-state index in [1.54, 1.807) is 7.11 Å². The second-order valence-corrected chi connectivity index (χ2v) is 5.07. The van der Waals surface area contributed by atoms with Crippen molar-refractivity contribution in [2.24, 2.45) is 0 Å². The molecular weight excluding hydrogens is 268 g/mol. The minimum Gasteiger partial charge on any atom is -0.406 e. The first-order valence-electron chi connectivity index (χ1n) is 7.08. The maximum atomic E-state index is 5.51. The Morgan fingerprint density at radius 3 is 2.62 bits per heavy atom. The molecule has 0 bridgehead atoms. The van der Waals surface area contributed by atoms with Crippen molar-refractivity contribution >= 4 is 11.7 Å². The highest BCUT2D eigenvalue weighted by molar-refractivity contribution is 5.52. The average molecular weight is 290 g/mol. The number of ether oxygens (including phenoxy) is 1. The van der Waals surface area contributed by atoms with Crippen LogP contribution in [0.1, 0.15) is 31.2 Å². The Balaban J connectivity index is 1.86. The van der Waals surface area contributed by atoms with Gasteiger partial charge in [-0.1, -0.05) is 31.1 Å². The van der Waals surface area contributed by atoms with Gasteiger partial charge in [-0.15, -0.1) is 5.10 Å². The highest BCUT2D eigenvalue weighted by atomic mass is 16.5. The Morgan fingerprint density at radius 2 is 1.95 bits per heavy atom. The van der Waals surface area contributed by atoms with E-state index >= 15 is 0 Å². The van der Waals surface area contributed by atoms with Crippen LogP contribution >= 0.6 is 0 Å². The minimum absolute atomic E-state index is 0.399. The molecule has 0 aliphatic rings. The van der Waals surface area contributed by atoms with Crippen LogP contribution in [0.5, 0.6) is 0 Å². The summed E-state index contributed by atoms with van der Waals surface area (Å²) in [5, 5.41) is 14.2. The predicted octanol–water partition coefficient (Wildman–Crippen LogP) is 2.67. The molecule has 0 atom stereocenters. The van der Waals surface area contributed by atoms with E-state index in [0.29, 0.717) is 31.0 Å². The van der Waals surface area contributed by atoms with E-state index in [9.17, 15) is 0 Å². The highest BCUT2D eigenvalue weighted by Crippen LogP contribution is 2.19. The smallest absolute Gasteiger partial charge is 0.320 e. The predicted molar refractivity (Wildman–Crippen MR) is 81.7 cm³/mol. The Kier molecular flexibility index (Phi) is 5.71. The van der Waals surface area contributed by atoms with Gasteiger partial charge in [0.15, 0.2) is 0 Å². The van der Waals surface area contributed by atoms with Crippen LogP contribution in [0.15, 0.2) is 28.7 Å². The van der Waals surface area contributed by atoms with Crippen molar-refractivity contribution in [3.8, 4) is 0 Å². The van der Waals surface area contributed by atoms with Crippen molar-refractivity contribution in [2.75, 3.05) is 25.6 Å². The number of rotatable bonds is 8. The largest absolute Gasteiger partial charge is 0.406 e. The first-order valence-corrected chi connectivity index (χ1v) is 7.08. The van der Waals surface area contributed by atoms with E-state index in [2.05, 4.69) is 46.8 Å². The first kappa shape index (κ1) is 15.5. The highest BCUT2D eigenvalue weighted by Gasteiger charge is 2.06. The molecule has 0 aliphatic heterocycles. The molecule has 1 aromatic heterocycles. The molecule has 2 rings (SSSR count). The van der Waals surface area contributed by atoms with Gasteiger partial charge in [0.1, 0.15) is 0 Å². The third-order valence-electron chi connectivity index (χ3n) is 3.05. The van der Waals surface area contributed by atoms with Gasteiger partial charge in [0.05, 0.1) is 13.2 Å². The zero-order valence-corrected chi connectivity index (χ0v) is 12.7. The Morgan fingerprint density at radius 1 is 1.19 bits per heavy atom. The van der Waals surface area contributed by atoms with Gasteiger partial charge in [-0.05, 0) is 23.6 Å². The fourth-order valence-corrected chi connectivity index (χ4v) is 1.82. The van der Waals surface area contributed by atoms with E-state index in [-0.39, 0.29) is 0 Å². The van der Waals surface area contributed by atoms with E-state index < -0.39 is 0 Å². The molecule has 21 heavy (non-hydrogen) atoms. The van der Waals surface area contributed by atoms with Crippen LogP contribution < -0.4 is 10.6 Å². The summed E-state index contributed by atoms with van der Waals surface area (Å²) in [7, 11) is 1.67. The van der Waals surface area contributed by atoms with Crippen molar-refractivity contribution in [3.05, 3.63) is 35.7 Å². The van der Waals surface area contributed by atoms with Crippen LogP contribution in [-0.2, 0) is 11.3 Å². The summed E-state index contributed by atoms with van der Waals surface area (Å²) >= 11 is 0. The zero-order valence-electron chi connectivity index (χ0n) is 12.7. The van der Waals surface area contributed by atoms with E-state index in [0.717, 1.165) is 12.2 Å². The van der Waals surface area contributed by atoms with Gasteiger partial charge in [0.25, 0.3) is 0 Å². The number of aromatic nitrogens is 2. The van der Waals surface area contributed by atoms with Gasteiger partial charge in [0.2, 0.25) is 5.89 Å². The molecular formula is C15H22N4O2. The maximum Gasteiger partial charge on any atom is 0.320 e. The molecule has 0 saturated carbocycles. The summed E-state index contributed by atoms with van der Waals surface area (Å²) in [6.07, 6.45) is 0. The fraction of sp³-hybridized carbons (Fsp3) is 0.467. The standard InChI is InChI=1S/C15H22N4O2/c1-11(2)12-4-6-13(7-5-12)17-15-19-18-14(21-15)10-16-8-9-20-3/h4-7,11,16H,8-10H2,1-3H3,(H,17,19). The van der Waals surface area contributed by atoms with Crippen molar-refractivity contribution < 1.29 is 9.15 Å². The van der Waals surface area contributed by atoms with Gasteiger partial charge in [-0.3, -0.25) is 0 Å². The van der Waals surface area contributed by atoms with Crippen molar-refractivity contribution in [1.29, 1.82) is 0 Å². The molecule has 0 saturated heterocycles. The number of anilines is 2. The number of nitrogens with zero attached hydrogens (tertiary/aromatic N) is 2.